The van der Waals surface area contributed by atoms with E-state index < -0.39 is 11.3 Å². The first-order chi connectivity index (χ1) is 14.0. The van der Waals surface area contributed by atoms with Crippen molar-refractivity contribution in [2.45, 2.75) is 0 Å². The van der Waals surface area contributed by atoms with Crippen LogP contribution in [0.2, 0.25) is 5.02 Å². The number of hydrogen-bond acceptors (Lipinski definition) is 6. The number of fused-ring (bicyclic) bond motifs is 1. The predicted octanol–water partition coefficient (Wildman–Crippen LogP) is 3.97. The van der Waals surface area contributed by atoms with Crippen LogP contribution < -0.4 is 15.5 Å². The van der Waals surface area contributed by atoms with E-state index in [1.807, 2.05) is 29.6 Å². The van der Waals surface area contributed by atoms with Gasteiger partial charge >= 0.3 is 0 Å². The van der Waals surface area contributed by atoms with Crippen molar-refractivity contribution in [3.63, 3.8) is 0 Å². The Morgan fingerprint density at radius 2 is 2.07 bits per heavy atom. The lowest BCUT2D eigenvalue weighted by atomic mass is 10.2. The third kappa shape index (κ3) is 3.72. The van der Waals surface area contributed by atoms with E-state index in [-0.39, 0.29) is 5.69 Å². The van der Waals surface area contributed by atoms with Gasteiger partial charge in [0.2, 0.25) is 5.43 Å². The molecule has 0 aliphatic carbocycles. The van der Waals surface area contributed by atoms with Gasteiger partial charge in [-0.25, -0.2) is 4.98 Å². The number of aryl methyl sites for hydroxylation is 1. The van der Waals surface area contributed by atoms with Gasteiger partial charge in [-0.15, -0.1) is 11.3 Å². The smallest absolute Gasteiger partial charge is 0.281 e. The van der Waals surface area contributed by atoms with Crippen LogP contribution in [0.3, 0.4) is 0 Å². The molecule has 0 saturated carbocycles. The van der Waals surface area contributed by atoms with Crippen LogP contribution in [0, 0.1) is 0 Å². The van der Waals surface area contributed by atoms with Crippen molar-refractivity contribution in [1.82, 2.24) is 14.8 Å². The lowest BCUT2D eigenvalue weighted by Crippen LogP contribution is -2.26. The van der Waals surface area contributed by atoms with Crippen molar-refractivity contribution in [2.24, 2.45) is 7.05 Å². The molecule has 0 unspecified atom stereocenters. The molecule has 0 aliphatic rings. The monoisotopic (exact) mass is 426 g/mol. The molecule has 0 bridgehead atoms. The highest BCUT2D eigenvalue weighted by atomic mass is 35.5. The zero-order chi connectivity index (χ0) is 20.5. The number of anilines is 1. The van der Waals surface area contributed by atoms with E-state index in [1.165, 1.54) is 22.1 Å². The molecule has 0 aliphatic heterocycles. The molecule has 2 heterocycles. The minimum Gasteiger partial charge on any atom is -0.497 e. The Hall–Kier alpha value is -3.23. The Morgan fingerprint density at radius 1 is 1.24 bits per heavy atom. The summed E-state index contributed by atoms with van der Waals surface area (Å²) in [5.41, 5.74) is 1.43. The average Bonchev–Trinajstić information content (AvgIpc) is 3.19. The van der Waals surface area contributed by atoms with Gasteiger partial charge in [-0.3, -0.25) is 19.6 Å². The number of benzene rings is 2. The number of ether oxygens (including phenoxy) is 1. The molecule has 1 N–H and O–H groups in total. The van der Waals surface area contributed by atoms with Crippen LogP contribution >= 0.6 is 22.9 Å². The lowest BCUT2D eigenvalue weighted by Gasteiger charge is -2.07. The fraction of sp³-hybridized carbons (Fsp3) is 0.100. The van der Waals surface area contributed by atoms with Gasteiger partial charge in [-0.2, -0.15) is 5.10 Å². The van der Waals surface area contributed by atoms with Crippen LogP contribution in [-0.4, -0.2) is 27.8 Å². The van der Waals surface area contributed by atoms with Crippen molar-refractivity contribution < 1.29 is 9.53 Å². The summed E-state index contributed by atoms with van der Waals surface area (Å²) in [4.78, 5) is 29.8. The number of methoxy groups -OCH3 is 1. The molecule has 4 aromatic rings. The van der Waals surface area contributed by atoms with Crippen LogP contribution in [0.4, 0.5) is 5.13 Å². The molecule has 7 nitrogen and oxygen atoms in total. The number of amides is 1. The molecule has 4 rings (SSSR count). The summed E-state index contributed by atoms with van der Waals surface area (Å²) in [5.74, 6) is 0.0858. The molecule has 0 atom stereocenters. The van der Waals surface area contributed by atoms with Crippen LogP contribution in [0.15, 0.2) is 52.6 Å². The van der Waals surface area contributed by atoms with Crippen molar-refractivity contribution in [3.05, 3.63) is 68.8 Å². The van der Waals surface area contributed by atoms with E-state index in [9.17, 15) is 9.59 Å². The highest BCUT2D eigenvalue weighted by Crippen LogP contribution is 2.27. The first-order valence-corrected chi connectivity index (χ1v) is 9.80. The Morgan fingerprint density at radius 3 is 2.86 bits per heavy atom. The van der Waals surface area contributed by atoms with Crippen LogP contribution in [0.25, 0.3) is 22.2 Å². The van der Waals surface area contributed by atoms with E-state index in [2.05, 4.69) is 15.4 Å². The van der Waals surface area contributed by atoms with E-state index >= 15 is 0 Å². The number of rotatable bonds is 4. The van der Waals surface area contributed by atoms with Gasteiger partial charge in [0.15, 0.2) is 10.8 Å². The maximum absolute atomic E-state index is 12.7. The number of thiazole rings is 1. The molecule has 2 aromatic carbocycles. The molecular weight excluding hydrogens is 412 g/mol. The second kappa shape index (κ2) is 7.65. The summed E-state index contributed by atoms with van der Waals surface area (Å²) in [5, 5.41) is 9.70. The summed E-state index contributed by atoms with van der Waals surface area (Å²) >= 11 is 7.26. The van der Waals surface area contributed by atoms with E-state index in [1.54, 1.807) is 26.3 Å². The normalized spacial score (nSPS) is 10.9. The molecule has 0 saturated heterocycles. The number of halogens is 1. The first-order valence-electron chi connectivity index (χ1n) is 8.54. The maximum Gasteiger partial charge on any atom is 0.281 e. The number of nitrogens with zero attached hydrogens (tertiary/aromatic N) is 3. The lowest BCUT2D eigenvalue weighted by molar-refractivity contribution is 0.101. The SMILES string of the molecule is COc1cccc(-c2csc(NC(=O)c3nn(C)c4ccc(Cl)cc4c3=O)n2)c1. The predicted molar refractivity (Wildman–Crippen MR) is 114 cm³/mol. The van der Waals surface area contributed by atoms with Crippen LogP contribution in [0.5, 0.6) is 5.75 Å². The Kier molecular flexibility index (Phi) is 5.04. The number of hydrogen-bond donors (Lipinski definition) is 1. The minimum absolute atomic E-state index is 0.222. The highest BCUT2D eigenvalue weighted by molar-refractivity contribution is 7.14. The van der Waals surface area contributed by atoms with Gasteiger partial charge < -0.3 is 4.74 Å². The summed E-state index contributed by atoms with van der Waals surface area (Å²) in [6, 6.07) is 12.3. The molecular formula is C20H15ClN4O3S. The third-order valence-electron chi connectivity index (χ3n) is 4.32. The van der Waals surface area contributed by atoms with E-state index in [0.29, 0.717) is 32.5 Å². The van der Waals surface area contributed by atoms with Gasteiger partial charge in [0.25, 0.3) is 5.91 Å². The van der Waals surface area contributed by atoms with Gasteiger partial charge in [0, 0.05) is 23.0 Å². The topological polar surface area (TPSA) is 86.1 Å². The fourth-order valence-electron chi connectivity index (χ4n) is 2.90. The quantitative estimate of drug-likeness (QED) is 0.533. The van der Waals surface area contributed by atoms with Gasteiger partial charge in [-0.05, 0) is 30.3 Å². The zero-order valence-electron chi connectivity index (χ0n) is 15.5. The van der Waals surface area contributed by atoms with Crippen molar-refractivity contribution in [2.75, 3.05) is 12.4 Å². The fourth-order valence-corrected chi connectivity index (χ4v) is 3.79. The second-order valence-electron chi connectivity index (χ2n) is 6.19. The van der Waals surface area contributed by atoms with Crippen molar-refractivity contribution in [1.29, 1.82) is 0 Å². The number of aromatic nitrogens is 3. The van der Waals surface area contributed by atoms with Gasteiger partial charge in [-0.1, -0.05) is 23.7 Å². The Bertz CT molecular complexity index is 1300. The molecule has 2 aromatic heterocycles. The summed E-state index contributed by atoms with van der Waals surface area (Å²) in [6.45, 7) is 0. The molecule has 1 amide bonds. The molecule has 0 spiro atoms. The molecule has 0 fully saturated rings. The summed E-state index contributed by atoms with van der Waals surface area (Å²) < 4.78 is 6.70. The number of carbonyl (C=O) groups is 1. The Labute approximate surface area is 174 Å². The molecule has 29 heavy (non-hydrogen) atoms. The van der Waals surface area contributed by atoms with E-state index in [4.69, 9.17) is 16.3 Å². The number of carbonyl (C=O) groups excluding carboxylic acids is 1. The minimum atomic E-state index is -0.626. The molecule has 9 heteroatoms. The molecule has 0 radical (unpaired) electrons. The van der Waals surface area contributed by atoms with Gasteiger partial charge in [0.05, 0.1) is 23.7 Å². The summed E-state index contributed by atoms with van der Waals surface area (Å²) in [7, 11) is 3.26. The van der Waals surface area contributed by atoms with Crippen molar-refractivity contribution >= 4 is 44.9 Å². The maximum atomic E-state index is 12.7. The number of nitrogens with one attached hydrogen (secondary N) is 1. The zero-order valence-corrected chi connectivity index (χ0v) is 17.0. The first kappa shape index (κ1) is 19.1. The largest absolute Gasteiger partial charge is 0.497 e. The van der Waals surface area contributed by atoms with Gasteiger partial charge in [0.1, 0.15) is 5.75 Å². The highest BCUT2D eigenvalue weighted by Gasteiger charge is 2.18. The van der Waals surface area contributed by atoms with Crippen LogP contribution in [-0.2, 0) is 7.05 Å². The Balaban J connectivity index is 1.64. The van der Waals surface area contributed by atoms with Crippen LogP contribution in [0.1, 0.15) is 10.5 Å². The van der Waals surface area contributed by atoms with E-state index in [0.717, 1.165) is 5.56 Å². The average molecular weight is 427 g/mol. The van der Waals surface area contributed by atoms with Crippen molar-refractivity contribution in [3.8, 4) is 17.0 Å². The third-order valence-corrected chi connectivity index (χ3v) is 5.31. The summed E-state index contributed by atoms with van der Waals surface area (Å²) in [6.07, 6.45) is 0. The standard InChI is InChI=1S/C20H15ClN4O3S/c1-25-16-7-6-12(21)9-14(16)18(26)17(24-25)19(27)23-20-22-15(10-29-20)11-4-3-5-13(8-11)28-2/h3-10H,1-2H3,(H,22,23,27). The second-order valence-corrected chi connectivity index (χ2v) is 7.48. The molecule has 146 valence electrons.